The zero-order valence-corrected chi connectivity index (χ0v) is 18.7. The van der Waals surface area contributed by atoms with Crippen molar-refractivity contribution >= 4 is 29.2 Å². The minimum atomic E-state index is 0.487. The summed E-state index contributed by atoms with van der Waals surface area (Å²) in [6, 6.07) is 2.36. The van der Waals surface area contributed by atoms with E-state index in [1.807, 2.05) is 17.7 Å². The average Bonchev–Trinajstić information content (AvgIpc) is 2.87. The molecular weight excluding hydrogens is 383 g/mol. The van der Waals surface area contributed by atoms with Gasteiger partial charge in [-0.1, -0.05) is 37.0 Å². The maximum Gasteiger partial charge on any atom is 0.191 e. The number of piperazine rings is 1. The molecule has 0 saturated carbocycles. The van der Waals surface area contributed by atoms with Crippen LogP contribution in [-0.4, -0.2) is 72.7 Å². The zero-order chi connectivity index (χ0) is 20.0. The first-order valence-corrected chi connectivity index (χ1v) is 10.5. The summed E-state index contributed by atoms with van der Waals surface area (Å²) >= 11 is 12.3. The van der Waals surface area contributed by atoms with Gasteiger partial charge in [0.05, 0.1) is 11.6 Å². The maximum absolute atomic E-state index is 6.15. The predicted molar refractivity (Wildman–Crippen MR) is 116 cm³/mol. The smallest absolute Gasteiger partial charge is 0.191 e. The molecule has 6 nitrogen and oxygen atoms in total. The topological polar surface area (TPSA) is 47.8 Å². The molecule has 1 aliphatic rings. The molecule has 1 unspecified atom stereocenters. The van der Waals surface area contributed by atoms with Crippen molar-refractivity contribution in [2.75, 3.05) is 46.3 Å². The highest BCUT2D eigenvalue weighted by Crippen LogP contribution is 2.25. The number of nitrogens with zero attached hydrogens (tertiary/aromatic N) is 4. The number of aromatic nitrogens is 1. The monoisotopic (exact) mass is 416 g/mol. The van der Waals surface area contributed by atoms with Gasteiger partial charge in [0.25, 0.3) is 0 Å². The van der Waals surface area contributed by atoms with Gasteiger partial charge in [0.1, 0.15) is 5.15 Å². The number of hydrogen-bond donors (Lipinski definition) is 2. The second kappa shape index (κ2) is 10.6. The molecule has 2 rings (SSSR count). The summed E-state index contributed by atoms with van der Waals surface area (Å²) in [4.78, 5) is 9.70. The molecule has 0 radical (unpaired) electrons. The van der Waals surface area contributed by atoms with Crippen LogP contribution in [0.15, 0.2) is 11.1 Å². The highest BCUT2D eigenvalue weighted by molar-refractivity contribution is 6.41. The molecule has 0 bridgehead atoms. The lowest BCUT2D eigenvalue weighted by Crippen LogP contribution is -2.55. The van der Waals surface area contributed by atoms with Crippen LogP contribution >= 0.6 is 23.2 Å². The van der Waals surface area contributed by atoms with Crippen molar-refractivity contribution in [3.8, 4) is 0 Å². The van der Waals surface area contributed by atoms with Gasteiger partial charge in [0.15, 0.2) is 5.96 Å². The largest absolute Gasteiger partial charge is 0.357 e. The van der Waals surface area contributed by atoms with Crippen molar-refractivity contribution in [1.29, 1.82) is 0 Å². The third kappa shape index (κ3) is 6.28. The Kier molecular flexibility index (Phi) is 8.73. The van der Waals surface area contributed by atoms with Gasteiger partial charge < -0.3 is 20.1 Å². The molecule has 1 atom stereocenters. The number of halogens is 2. The lowest BCUT2D eigenvalue weighted by molar-refractivity contribution is 0.0900. The van der Waals surface area contributed by atoms with Gasteiger partial charge in [0, 0.05) is 58.1 Å². The first-order chi connectivity index (χ1) is 12.8. The van der Waals surface area contributed by atoms with Gasteiger partial charge >= 0.3 is 0 Å². The number of hydrogen-bond acceptors (Lipinski definition) is 3. The summed E-state index contributed by atoms with van der Waals surface area (Å²) in [7, 11) is 4.10. The van der Waals surface area contributed by atoms with Gasteiger partial charge in [-0.2, -0.15) is 0 Å². The van der Waals surface area contributed by atoms with Crippen molar-refractivity contribution in [1.82, 2.24) is 25.0 Å². The Morgan fingerprint density at radius 3 is 2.33 bits per heavy atom. The SMILES string of the molecule is CCNC(=NCc1cc(Cl)c(Cl)n1C)NCC(C(C)C)N1CCN(C)CC1. The van der Waals surface area contributed by atoms with Gasteiger partial charge in [0.2, 0.25) is 0 Å². The lowest BCUT2D eigenvalue weighted by atomic mass is 10.0. The summed E-state index contributed by atoms with van der Waals surface area (Å²) in [6.07, 6.45) is 0. The molecule has 1 fully saturated rings. The molecule has 0 aliphatic carbocycles. The molecule has 1 saturated heterocycles. The molecule has 1 aromatic heterocycles. The van der Waals surface area contributed by atoms with E-state index in [0.29, 0.717) is 28.7 Å². The molecule has 154 valence electrons. The molecule has 1 aromatic rings. The van der Waals surface area contributed by atoms with E-state index in [4.69, 9.17) is 28.2 Å². The Morgan fingerprint density at radius 1 is 1.15 bits per heavy atom. The van der Waals surface area contributed by atoms with Crippen molar-refractivity contribution in [2.24, 2.45) is 18.0 Å². The third-order valence-corrected chi connectivity index (χ3v) is 6.06. The van der Waals surface area contributed by atoms with Gasteiger partial charge in [-0.05, 0) is 26.0 Å². The molecule has 27 heavy (non-hydrogen) atoms. The highest BCUT2D eigenvalue weighted by Gasteiger charge is 2.25. The normalized spacial score (nSPS) is 18.1. The first kappa shape index (κ1) is 22.3. The van der Waals surface area contributed by atoms with Gasteiger partial charge in [-0.3, -0.25) is 4.90 Å². The molecule has 8 heteroatoms. The van der Waals surface area contributed by atoms with Crippen molar-refractivity contribution in [3.05, 3.63) is 21.9 Å². The third-order valence-electron chi connectivity index (χ3n) is 5.21. The molecular formula is C19H34Cl2N6. The van der Waals surface area contributed by atoms with E-state index in [0.717, 1.165) is 50.9 Å². The minimum Gasteiger partial charge on any atom is -0.357 e. The first-order valence-electron chi connectivity index (χ1n) is 9.77. The predicted octanol–water partition coefficient (Wildman–Crippen LogP) is 2.66. The summed E-state index contributed by atoms with van der Waals surface area (Å²) in [5.41, 5.74) is 0.988. The number of nitrogens with one attached hydrogen (secondary N) is 2. The van der Waals surface area contributed by atoms with Crippen molar-refractivity contribution in [2.45, 2.75) is 33.4 Å². The second-order valence-corrected chi connectivity index (χ2v) is 8.33. The Balaban J connectivity index is 1.99. The van der Waals surface area contributed by atoms with Gasteiger partial charge in [-0.15, -0.1) is 0 Å². The van der Waals surface area contributed by atoms with Crippen molar-refractivity contribution in [3.63, 3.8) is 0 Å². The van der Waals surface area contributed by atoms with Crippen LogP contribution in [0.2, 0.25) is 10.2 Å². The fourth-order valence-electron chi connectivity index (χ4n) is 3.38. The molecule has 0 amide bonds. The van der Waals surface area contributed by atoms with Crippen LogP contribution < -0.4 is 10.6 Å². The maximum atomic E-state index is 6.15. The van der Waals surface area contributed by atoms with Gasteiger partial charge in [-0.25, -0.2) is 4.99 Å². The Labute approximate surface area is 173 Å². The van der Waals surface area contributed by atoms with Crippen LogP contribution in [0, 0.1) is 5.92 Å². The van der Waals surface area contributed by atoms with Crippen LogP contribution in [-0.2, 0) is 13.6 Å². The Hall–Kier alpha value is -0.950. The van der Waals surface area contributed by atoms with Crippen LogP contribution in [0.4, 0.5) is 0 Å². The number of likely N-dealkylation sites (N-methyl/N-ethyl adjacent to an activating group) is 1. The summed E-state index contributed by atoms with van der Waals surface area (Å²) in [5, 5.41) is 7.98. The Bertz CT molecular complexity index is 620. The Morgan fingerprint density at radius 2 is 1.81 bits per heavy atom. The van der Waals surface area contributed by atoms with E-state index in [9.17, 15) is 0 Å². The van der Waals surface area contributed by atoms with E-state index in [1.54, 1.807) is 0 Å². The number of rotatable bonds is 7. The molecule has 0 spiro atoms. The summed E-state index contributed by atoms with van der Waals surface area (Å²) in [5.74, 6) is 1.40. The number of guanidine groups is 1. The molecule has 0 aromatic carbocycles. The average molecular weight is 417 g/mol. The van der Waals surface area contributed by atoms with Crippen LogP contribution in [0.1, 0.15) is 26.5 Å². The zero-order valence-electron chi connectivity index (χ0n) is 17.2. The highest BCUT2D eigenvalue weighted by atomic mass is 35.5. The minimum absolute atomic E-state index is 0.487. The van der Waals surface area contributed by atoms with Crippen molar-refractivity contribution < 1.29 is 0 Å². The molecule has 2 heterocycles. The standard InChI is InChI=1S/C19H34Cl2N6/c1-6-22-19(23-12-15-11-16(20)18(21)26(15)5)24-13-17(14(2)3)27-9-7-25(4)8-10-27/h11,14,17H,6-10,12-13H2,1-5H3,(H2,22,23,24). The van der Waals surface area contributed by atoms with Crippen LogP contribution in [0.5, 0.6) is 0 Å². The number of aliphatic imine (C=N–C) groups is 1. The van der Waals surface area contributed by atoms with E-state index in [-0.39, 0.29) is 0 Å². The summed E-state index contributed by atoms with van der Waals surface area (Å²) in [6.45, 7) is 13.4. The molecule has 1 aliphatic heterocycles. The quantitative estimate of drug-likeness (QED) is 0.529. The fraction of sp³-hybridized carbons (Fsp3) is 0.737. The van der Waals surface area contributed by atoms with E-state index >= 15 is 0 Å². The fourth-order valence-corrected chi connectivity index (χ4v) is 3.80. The van der Waals surface area contributed by atoms with E-state index in [1.165, 1.54) is 0 Å². The van der Waals surface area contributed by atoms with E-state index in [2.05, 4.69) is 48.3 Å². The van der Waals surface area contributed by atoms with E-state index < -0.39 is 0 Å². The lowest BCUT2D eigenvalue weighted by Gasteiger charge is -2.40. The molecule has 2 N–H and O–H groups in total. The van der Waals surface area contributed by atoms with Crippen LogP contribution in [0.3, 0.4) is 0 Å². The summed E-state index contributed by atoms with van der Waals surface area (Å²) < 4.78 is 1.87. The second-order valence-electron chi connectivity index (χ2n) is 7.56. The van der Waals surface area contributed by atoms with Crippen LogP contribution in [0.25, 0.3) is 0 Å².